The van der Waals surface area contributed by atoms with Gasteiger partial charge in [0.25, 0.3) is 17.5 Å². The fourth-order valence-electron chi connectivity index (χ4n) is 3.59. The van der Waals surface area contributed by atoms with Gasteiger partial charge in [-0.15, -0.1) is 6.58 Å². The van der Waals surface area contributed by atoms with Crippen molar-refractivity contribution in [1.29, 1.82) is 0 Å². The predicted molar refractivity (Wildman–Crippen MR) is 118 cm³/mol. The lowest BCUT2D eigenvalue weighted by molar-refractivity contribution is -0.384. The van der Waals surface area contributed by atoms with Crippen molar-refractivity contribution in [2.45, 2.75) is 6.54 Å². The van der Waals surface area contributed by atoms with Gasteiger partial charge in [0.15, 0.2) is 0 Å². The number of para-hydroxylation sites is 1. The molecule has 1 saturated heterocycles. The molecule has 1 aromatic heterocycles. The van der Waals surface area contributed by atoms with Gasteiger partial charge < -0.3 is 4.57 Å². The smallest absolute Gasteiger partial charge is 0.331 e. The van der Waals surface area contributed by atoms with E-state index in [4.69, 9.17) is 0 Å². The number of nitro groups is 1. The Balaban J connectivity index is 1.73. The fourth-order valence-corrected chi connectivity index (χ4v) is 3.59. The van der Waals surface area contributed by atoms with E-state index >= 15 is 0 Å². The maximum Gasteiger partial charge on any atom is 0.331 e. The Bertz CT molecular complexity index is 1300. The summed E-state index contributed by atoms with van der Waals surface area (Å²) in [5.41, 5.74) is 2.21. The molecule has 0 aliphatic carbocycles. The second-order valence-corrected chi connectivity index (χ2v) is 7.17. The third-order valence-corrected chi connectivity index (χ3v) is 5.12. The van der Waals surface area contributed by atoms with E-state index in [1.54, 1.807) is 18.3 Å². The molecular weight excluding hydrogens is 412 g/mol. The monoisotopic (exact) mass is 430 g/mol. The Morgan fingerprint density at radius 3 is 2.47 bits per heavy atom. The zero-order valence-electron chi connectivity index (χ0n) is 16.9. The largest absolute Gasteiger partial charge is 0.342 e. The third kappa shape index (κ3) is 3.79. The van der Waals surface area contributed by atoms with Gasteiger partial charge in [-0.2, -0.15) is 0 Å². The van der Waals surface area contributed by atoms with Gasteiger partial charge in [0.1, 0.15) is 5.57 Å². The average molecular weight is 430 g/mol. The summed E-state index contributed by atoms with van der Waals surface area (Å²) in [5.74, 6) is -1.45. The van der Waals surface area contributed by atoms with Crippen LogP contribution in [0.15, 0.2) is 73.0 Å². The van der Waals surface area contributed by atoms with E-state index in [0.29, 0.717) is 12.1 Å². The lowest BCUT2D eigenvalue weighted by Crippen LogP contribution is -2.54. The highest BCUT2D eigenvalue weighted by Crippen LogP contribution is 2.26. The maximum atomic E-state index is 12.7. The molecule has 2 heterocycles. The Hall–Kier alpha value is -4.53. The zero-order valence-corrected chi connectivity index (χ0v) is 16.9. The number of amides is 4. The molecule has 0 atom stereocenters. The Morgan fingerprint density at radius 2 is 1.78 bits per heavy atom. The van der Waals surface area contributed by atoms with Crippen molar-refractivity contribution in [2.75, 3.05) is 6.54 Å². The van der Waals surface area contributed by atoms with Crippen molar-refractivity contribution < 1.29 is 19.3 Å². The van der Waals surface area contributed by atoms with Crippen molar-refractivity contribution in [3.63, 3.8) is 0 Å². The highest BCUT2D eigenvalue weighted by Gasteiger charge is 2.35. The number of nitro benzene ring substituents is 1. The van der Waals surface area contributed by atoms with Crippen LogP contribution in [-0.4, -0.2) is 38.8 Å². The van der Waals surface area contributed by atoms with Crippen LogP contribution in [0.5, 0.6) is 0 Å². The van der Waals surface area contributed by atoms with Gasteiger partial charge in [-0.3, -0.25) is 29.9 Å². The SMILES string of the molecule is C=CCN1C(=O)NC(=O)/C(=C/c2cn(Cc3ccc([N+](=O)[O-])cc3)c3ccccc23)C1=O. The van der Waals surface area contributed by atoms with Gasteiger partial charge in [-0.25, -0.2) is 4.79 Å². The minimum Gasteiger partial charge on any atom is -0.342 e. The molecule has 4 amide bonds. The van der Waals surface area contributed by atoms with E-state index in [-0.39, 0.29) is 17.8 Å². The molecule has 1 N–H and O–H groups in total. The summed E-state index contributed by atoms with van der Waals surface area (Å²) >= 11 is 0. The fraction of sp³-hybridized carbons (Fsp3) is 0.0870. The van der Waals surface area contributed by atoms with E-state index in [9.17, 15) is 24.5 Å². The Morgan fingerprint density at radius 1 is 1.06 bits per heavy atom. The van der Waals surface area contributed by atoms with Crippen LogP contribution < -0.4 is 5.32 Å². The second kappa shape index (κ2) is 8.31. The van der Waals surface area contributed by atoms with Gasteiger partial charge in [-0.1, -0.05) is 36.4 Å². The first-order valence-corrected chi connectivity index (χ1v) is 9.70. The number of hydrogen-bond acceptors (Lipinski definition) is 5. The Kier molecular flexibility index (Phi) is 5.38. The molecule has 0 radical (unpaired) electrons. The van der Waals surface area contributed by atoms with Crippen molar-refractivity contribution in [3.05, 3.63) is 94.2 Å². The molecule has 0 bridgehead atoms. The van der Waals surface area contributed by atoms with Crippen molar-refractivity contribution in [3.8, 4) is 0 Å². The van der Waals surface area contributed by atoms with Crippen LogP contribution in [0.4, 0.5) is 10.5 Å². The summed E-state index contributed by atoms with van der Waals surface area (Å²) in [7, 11) is 0. The van der Waals surface area contributed by atoms with Gasteiger partial charge in [0.05, 0.1) is 4.92 Å². The minimum atomic E-state index is -0.780. The normalized spacial score (nSPS) is 15.3. The molecule has 3 aromatic rings. The van der Waals surface area contributed by atoms with Gasteiger partial charge in [0.2, 0.25) is 0 Å². The number of fused-ring (bicyclic) bond motifs is 1. The van der Waals surface area contributed by atoms with Gasteiger partial charge in [0, 0.05) is 47.9 Å². The van der Waals surface area contributed by atoms with E-state index in [1.165, 1.54) is 24.3 Å². The summed E-state index contributed by atoms with van der Waals surface area (Å²) in [4.78, 5) is 48.4. The number of nitrogens with zero attached hydrogens (tertiary/aromatic N) is 3. The topological polar surface area (TPSA) is 115 Å². The molecule has 2 aromatic carbocycles. The van der Waals surface area contributed by atoms with E-state index in [2.05, 4.69) is 11.9 Å². The first kappa shape index (κ1) is 20.7. The molecule has 1 aliphatic heterocycles. The molecule has 0 saturated carbocycles. The first-order chi connectivity index (χ1) is 15.4. The number of aromatic nitrogens is 1. The van der Waals surface area contributed by atoms with Crippen LogP contribution in [0.25, 0.3) is 17.0 Å². The van der Waals surface area contributed by atoms with Crippen molar-refractivity contribution in [2.24, 2.45) is 0 Å². The standard InChI is InChI=1S/C23H18N4O5/c1-2-11-26-22(29)19(21(28)24-23(26)30)12-16-14-25(20-6-4-3-5-18(16)20)13-15-7-9-17(10-8-15)27(31)32/h2-10,12,14H,1,11,13H2,(H,24,28,30)/b19-12-. The van der Waals surface area contributed by atoms with Crippen molar-refractivity contribution >= 4 is 40.5 Å². The lowest BCUT2D eigenvalue weighted by Gasteiger charge is -2.25. The minimum absolute atomic E-state index is 0.0111. The quantitative estimate of drug-likeness (QED) is 0.212. The number of rotatable bonds is 6. The Labute approximate surface area is 182 Å². The molecule has 1 fully saturated rings. The number of non-ortho nitro benzene ring substituents is 1. The molecule has 160 valence electrons. The molecule has 4 rings (SSSR count). The number of benzene rings is 2. The van der Waals surface area contributed by atoms with Crippen LogP contribution in [0.2, 0.25) is 0 Å². The summed E-state index contributed by atoms with van der Waals surface area (Å²) in [5, 5.41) is 13.9. The highest BCUT2D eigenvalue weighted by molar-refractivity contribution is 6.31. The number of urea groups is 1. The number of barbiturate groups is 1. The zero-order chi connectivity index (χ0) is 22.8. The van der Waals surface area contributed by atoms with Crippen LogP contribution in [0.1, 0.15) is 11.1 Å². The molecule has 32 heavy (non-hydrogen) atoms. The van der Waals surface area contributed by atoms with E-state index in [1.807, 2.05) is 28.8 Å². The molecule has 0 unspecified atom stereocenters. The van der Waals surface area contributed by atoms with Gasteiger partial charge in [-0.05, 0) is 17.7 Å². The molecule has 9 heteroatoms. The molecule has 0 spiro atoms. The van der Waals surface area contributed by atoms with E-state index < -0.39 is 22.8 Å². The van der Waals surface area contributed by atoms with Crippen LogP contribution in [-0.2, 0) is 16.1 Å². The highest BCUT2D eigenvalue weighted by atomic mass is 16.6. The number of hydrogen-bond donors (Lipinski definition) is 1. The van der Waals surface area contributed by atoms with Crippen LogP contribution >= 0.6 is 0 Å². The molecule has 1 aliphatic rings. The number of nitrogens with one attached hydrogen (secondary N) is 1. The first-order valence-electron chi connectivity index (χ1n) is 9.70. The van der Waals surface area contributed by atoms with Crippen molar-refractivity contribution in [1.82, 2.24) is 14.8 Å². The van der Waals surface area contributed by atoms with Gasteiger partial charge >= 0.3 is 6.03 Å². The van der Waals surface area contributed by atoms with E-state index in [0.717, 1.165) is 21.4 Å². The van der Waals surface area contributed by atoms with Crippen LogP contribution in [0.3, 0.4) is 0 Å². The summed E-state index contributed by atoms with van der Waals surface area (Å²) in [6, 6.07) is 13.0. The number of carbonyl (C=O) groups is 3. The molecule has 9 nitrogen and oxygen atoms in total. The second-order valence-electron chi connectivity index (χ2n) is 7.17. The summed E-state index contributed by atoms with van der Waals surface area (Å²) in [6.45, 7) is 3.95. The number of carbonyl (C=O) groups excluding carboxylic acids is 3. The third-order valence-electron chi connectivity index (χ3n) is 5.12. The summed E-state index contributed by atoms with van der Waals surface area (Å²) < 4.78 is 1.93. The predicted octanol–water partition coefficient (Wildman–Crippen LogP) is 3.25. The molecular formula is C23H18N4O5. The average Bonchev–Trinajstić information content (AvgIpc) is 3.12. The lowest BCUT2D eigenvalue weighted by atomic mass is 10.1. The number of imide groups is 2. The van der Waals surface area contributed by atoms with Crippen LogP contribution in [0, 0.1) is 10.1 Å². The maximum absolute atomic E-state index is 12.7. The summed E-state index contributed by atoms with van der Waals surface area (Å²) in [6.07, 6.45) is 4.67.